The standard InChI is InChI=1S/C25H18ClF2NO3/c1-13-3-8-18(11-19(13)25(30)31)32-24-14(2)20-9-16(21(26)12-23(20)29-24)5-4-15-6-7-17(27)10-22(15)28/h3,6-12,16,21,24,29H,2H2,1H3,(H,30,31). The van der Waals surface area contributed by atoms with Crippen molar-refractivity contribution in [2.45, 2.75) is 18.5 Å². The largest absolute Gasteiger partial charge is 0.478 e. The summed E-state index contributed by atoms with van der Waals surface area (Å²) in [6.45, 7) is 5.80. The molecule has 4 rings (SSSR count). The second-order valence-electron chi connectivity index (χ2n) is 7.47. The van der Waals surface area contributed by atoms with E-state index in [-0.39, 0.29) is 11.1 Å². The van der Waals surface area contributed by atoms with Crippen LogP contribution in [0, 0.1) is 36.3 Å². The van der Waals surface area contributed by atoms with Crippen molar-refractivity contribution in [2.75, 3.05) is 0 Å². The zero-order valence-corrected chi connectivity index (χ0v) is 17.7. The first-order valence-electron chi connectivity index (χ1n) is 9.74. The molecule has 1 aliphatic heterocycles. The van der Waals surface area contributed by atoms with Crippen molar-refractivity contribution in [1.29, 1.82) is 0 Å². The molecule has 0 spiro atoms. The molecule has 1 heterocycles. The third-order valence-corrected chi connectivity index (χ3v) is 5.65. The summed E-state index contributed by atoms with van der Waals surface area (Å²) in [5.41, 5.74) is 3.02. The summed E-state index contributed by atoms with van der Waals surface area (Å²) in [4.78, 5) is 11.4. The fraction of sp³-hybridized carbons (Fsp3) is 0.160. The fourth-order valence-electron chi connectivity index (χ4n) is 3.50. The van der Waals surface area contributed by atoms with Crippen molar-refractivity contribution in [3.63, 3.8) is 0 Å². The van der Waals surface area contributed by atoms with Crippen LogP contribution in [0.5, 0.6) is 5.75 Å². The lowest BCUT2D eigenvalue weighted by Crippen LogP contribution is -2.28. The van der Waals surface area contributed by atoms with Gasteiger partial charge in [0.15, 0.2) is 6.23 Å². The Hall–Kier alpha value is -3.56. The molecule has 2 aromatic carbocycles. The van der Waals surface area contributed by atoms with Gasteiger partial charge in [0.2, 0.25) is 0 Å². The van der Waals surface area contributed by atoms with Crippen LogP contribution in [0.15, 0.2) is 72.0 Å². The Morgan fingerprint density at radius 2 is 2.00 bits per heavy atom. The van der Waals surface area contributed by atoms with Gasteiger partial charge in [-0.05, 0) is 42.8 Å². The molecule has 1 aliphatic carbocycles. The topological polar surface area (TPSA) is 58.6 Å². The van der Waals surface area contributed by atoms with Gasteiger partial charge in [0.05, 0.1) is 22.4 Å². The third-order valence-electron chi connectivity index (χ3n) is 5.25. The number of allylic oxidation sites excluding steroid dienone is 3. The lowest BCUT2D eigenvalue weighted by atomic mass is 9.92. The Morgan fingerprint density at radius 1 is 1.22 bits per heavy atom. The van der Waals surface area contributed by atoms with Crippen molar-refractivity contribution in [3.05, 3.63) is 100 Å². The fourth-order valence-corrected chi connectivity index (χ4v) is 3.77. The number of aromatic carboxylic acids is 1. The Morgan fingerprint density at radius 3 is 2.72 bits per heavy atom. The van der Waals surface area contributed by atoms with E-state index in [9.17, 15) is 18.7 Å². The molecule has 0 saturated carbocycles. The van der Waals surface area contributed by atoms with Crippen molar-refractivity contribution < 1.29 is 23.4 Å². The van der Waals surface area contributed by atoms with Crippen molar-refractivity contribution >= 4 is 17.6 Å². The van der Waals surface area contributed by atoms with E-state index in [4.69, 9.17) is 16.3 Å². The average Bonchev–Trinajstić information content (AvgIpc) is 3.02. The van der Waals surface area contributed by atoms with Crippen molar-refractivity contribution in [1.82, 2.24) is 5.32 Å². The molecule has 3 unspecified atom stereocenters. The Bertz CT molecular complexity index is 1260. The molecular formula is C25H18ClF2NO3. The van der Waals surface area contributed by atoms with Crippen LogP contribution >= 0.6 is 11.6 Å². The van der Waals surface area contributed by atoms with Gasteiger partial charge in [-0.3, -0.25) is 0 Å². The van der Waals surface area contributed by atoms with Crippen LogP contribution < -0.4 is 10.1 Å². The van der Waals surface area contributed by atoms with Gasteiger partial charge in [0.1, 0.15) is 17.4 Å². The number of hydrogen-bond donors (Lipinski definition) is 2. The highest BCUT2D eigenvalue weighted by Crippen LogP contribution is 2.36. The number of aryl methyl sites for hydroxylation is 1. The molecule has 3 atom stereocenters. The van der Waals surface area contributed by atoms with E-state index in [1.807, 2.05) is 6.08 Å². The van der Waals surface area contributed by atoms with E-state index >= 15 is 0 Å². The first kappa shape index (κ1) is 21.7. The van der Waals surface area contributed by atoms with Crippen LogP contribution in [0.25, 0.3) is 0 Å². The van der Waals surface area contributed by atoms with Gasteiger partial charge in [-0.1, -0.05) is 30.6 Å². The molecule has 2 aliphatic rings. The minimum atomic E-state index is -1.03. The highest BCUT2D eigenvalue weighted by atomic mass is 35.5. The van der Waals surface area contributed by atoms with Crippen LogP contribution in [0.4, 0.5) is 8.78 Å². The van der Waals surface area contributed by atoms with Crippen LogP contribution in [0.3, 0.4) is 0 Å². The Balaban J connectivity index is 1.55. The van der Waals surface area contributed by atoms with E-state index in [0.717, 1.165) is 23.4 Å². The van der Waals surface area contributed by atoms with Gasteiger partial charge in [0, 0.05) is 22.9 Å². The van der Waals surface area contributed by atoms with Crippen LogP contribution in [0.2, 0.25) is 0 Å². The minimum absolute atomic E-state index is 0.0848. The number of rotatable bonds is 3. The molecule has 1 fully saturated rings. The zero-order chi connectivity index (χ0) is 23.0. The summed E-state index contributed by atoms with van der Waals surface area (Å²) in [5.74, 6) is 3.18. The molecule has 4 nitrogen and oxygen atoms in total. The number of alkyl halides is 1. The summed E-state index contributed by atoms with van der Waals surface area (Å²) in [5, 5.41) is 12.0. The number of benzene rings is 2. The number of carboxylic acids is 1. The van der Waals surface area contributed by atoms with Gasteiger partial charge < -0.3 is 15.2 Å². The number of hydrogen-bond acceptors (Lipinski definition) is 3. The average molecular weight is 454 g/mol. The van der Waals surface area contributed by atoms with Gasteiger partial charge in [0.25, 0.3) is 0 Å². The monoisotopic (exact) mass is 453 g/mol. The summed E-state index contributed by atoms with van der Waals surface area (Å²) in [7, 11) is 0. The lowest BCUT2D eigenvalue weighted by Gasteiger charge is -2.18. The van der Waals surface area contributed by atoms with Gasteiger partial charge in [-0.25, -0.2) is 13.6 Å². The summed E-state index contributed by atoms with van der Waals surface area (Å²) >= 11 is 6.46. The lowest BCUT2D eigenvalue weighted by molar-refractivity contribution is 0.0695. The number of nitrogens with one attached hydrogen (secondary N) is 1. The highest BCUT2D eigenvalue weighted by Gasteiger charge is 2.34. The van der Waals surface area contributed by atoms with Gasteiger partial charge in [-0.15, -0.1) is 11.6 Å². The van der Waals surface area contributed by atoms with Crippen LogP contribution in [-0.4, -0.2) is 22.7 Å². The summed E-state index contributed by atoms with van der Waals surface area (Å²) in [6, 6.07) is 8.05. The maximum absolute atomic E-state index is 13.9. The molecule has 0 radical (unpaired) electrons. The molecular weight excluding hydrogens is 436 g/mol. The summed E-state index contributed by atoms with van der Waals surface area (Å²) < 4.78 is 32.9. The van der Waals surface area contributed by atoms with Gasteiger partial charge in [-0.2, -0.15) is 0 Å². The first-order valence-corrected chi connectivity index (χ1v) is 10.2. The maximum atomic E-state index is 13.9. The molecule has 0 aromatic heterocycles. The number of fused-ring (bicyclic) bond motifs is 1. The molecule has 2 aromatic rings. The normalized spacial score (nSPS) is 21.5. The highest BCUT2D eigenvalue weighted by molar-refractivity contribution is 6.22. The molecule has 0 amide bonds. The Kier molecular flexibility index (Phi) is 5.77. The van der Waals surface area contributed by atoms with E-state index in [1.165, 1.54) is 12.1 Å². The second-order valence-corrected chi connectivity index (χ2v) is 7.98. The van der Waals surface area contributed by atoms with E-state index < -0.39 is 35.1 Å². The molecule has 2 N–H and O–H groups in total. The minimum Gasteiger partial charge on any atom is -0.478 e. The van der Waals surface area contributed by atoms with Crippen molar-refractivity contribution in [3.8, 4) is 17.6 Å². The molecule has 7 heteroatoms. The summed E-state index contributed by atoms with van der Waals surface area (Å²) in [6.07, 6.45) is 3.00. The molecule has 162 valence electrons. The second kappa shape index (κ2) is 8.52. The van der Waals surface area contributed by atoms with Gasteiger partial charge >= 0.3 is 5.97 Å². The zero-order valence-electron chi connectivity index (χ0n) is 17.0. The third kappa shape index (κ3) is 4.25. The van der Waals surface area contributed by atoms with E-state index in [1.54, 1.807) is 25.1 Å². The molecule has 0 bridgehead atoms. The van der Waals surface area contributed by atoms with E-state index in [0.29, 0.717) is 16.9 Å². The SMILES string of the molecule is C=C1C2=CC(C#Cc3ccc(F)cc3F)C(Cl)C=C2NC1Oc1ccc(C)c(C(=O)O)c1. The van der Waals surface area contributed by atoms with Crippen LogP contribution in [0.1, 0.15) is 21.5 Å². The Labute approximate surface area is 188 Å². The number of halogens is 3. The number of ether oxygens (including phenoxy) is 1. The molecule has 32 heavy (non-hydrogen) atoms. The molecule has 1 saturated heterocycles. The van der Waals surface area contributed by atoms with E-state index in [2.05, 4.69) is 23.7 Å². The maximum Gasteiger partial charge on any atom is 0.336 e. The first-order chi connectivity index (χ1) is 15.2. The smallest absolute Gasteiger partial charge is 0.336 e. The predicted molar refractivity (Wildman–Crippen MR) is 117 cm³/mol. The van der Waals surface area contributed by atoms with Crippen molar-refractivity contribution in [2.24, 2.45) is 5.92 Å². The number of carbonyl (C=O) groups is 1. The quantitative estimate of drug-likeness (QED) is 0.511. The predicted octanol–water partition coefficient (Wildman–Crippen LogP) is 4.93. The number of carboxylic acid groups (broad SMARTS) is 1. The van der Waals surface area contributed by atoms with Crippen LogP contribution in [-0.2, 0) is 0 Å².